The smallest absolute Gasteiger partial charge is 0.132 e. The van der Waals surface area contributed by atoms with Gasteiger partial charge >= 0.3 is 0 Å². The van der Waals surface area contributed by atoms with Crippen LogP contribution in [0.4, 0.5) is 5.82 Å². The Morgan fingerprint density at radius 1 is 1.04 bits per heavy atom. The molecule has 1 aromatic carbocycles. The molecular formula is C19H23N3O2. The van der Waals surface area contributed by atoms with E-state index in [-0.39, 0.29) is 6.10 Å². The van der Waals surface area contributed by atoms with E-state index in [1.807, 2.05) is 36.4 Å². The Balaban J connectivity index is 1.45. The molecule has 2 heterocycles. The summed E-state index contributed by atoms with van der Waals surface area (Å²) in [6.45, 7) is 1.55. The molecule has 126 valence electrons. The SMILES string of the molecule is OC1CC(c2cc(N3CCC(O)(c4ccccc4)CC3)ncn2)C1. The van der Waals surface area contributed by atoms with E-state index in [2.05, 4.69) is 14.9 Å². The first-order valence-corrected chi connectivity index (χ1v) is 8.67. The molecule has 1 saturated heterocycles. The van der Waals surface area contributed by atoms with Crippen LogP contribution in [-0.2, 0) is 5.60 Å². The molecule has 5 nitrogen and oxygen atoms in total. The van der Waals surface area contributed by atoms with Gasteiger partial charge in [0.2, 0.25) is 0 Å². The summed E-state index contributed by atoms with van der Waals surface area (Å²) in [7, 11) is 0. The number of anilines is 1. The van der Waals surface area contributed by atoms with Gasteiger partial charge in [0.15, 0.2) is 0 Å². The van der Waals surface area contributed by atoms with Gasteiger partial charge in [0, 0.05) is 30.8 Å². The van der Waals surface area contributed by atoms with Gasteiger partial charge in [0.1, 0.15) is 12.1 Å². The molecular weight excluding hydrogens is 302 g/mol. The monoisotopic (exact) mass is 325 g/mol. The summed E-state index contributed by atoms with van der Waals surface area (Å²) in [4.78, 5) is 11.0. The molecule has 0 bridgehead atoms. The lowest BCUT2D eigenvalue weighted by atomic mass is 9.80. The molecule has 1 aromatic heterocycles. The molecule has 0 atom stereocenters. The fourth-order valence-electron chi connectivity index (χ4n) is 3.73. The molecule has 2 fully saturated rings. The van der Waals surface area contributed by atoms with Gasteiger partial charge in [-0.05, 0) is 31.2 Å². The molecule has 0 spiro atoms. The van der Waals surface area contributed by atoms with Crippen LogP contribution in [0.2, 0.25) is 0 Å². The van der Waals surface area contributed by atoms with Crippen molar-refractivity contribution in [3.05, 3.63) is 54.0 Å². The molecule has 4 rings (SSSR count). The van der Waals surface area contributed by atoms with Crippen LogP contribution in [0.1, 0.15) is 42.9 Å². The number of nitrogens with zero attached hydrogens (tertiary/aromatic N) is 3. The first kappa shape index (κ1) is 15.5. The summed E-state index contributed by atoms with van der Waals surface area (Å²) in [6, 6.07) is 12.0. The number of aliphatic hydroxyl groups is 2. The third kappa shape index (κ3) is 2.89. The van der Waals surface area contributed by atoms with Crippen molar-refractivity contribution in [3.8, 4) is 0 Å². The minimum Gasteiger partial charge on any atom is -0.393 e. The summed E-state index contributed by atoms with van der Waals surface area (Å²) in [5.74, 6) is 1.28. The second-order valence-corrected chi connectivity index (χ2v) is 7.01. The van der Waals surface area contributed by atoms with Crippen molar-refractivity contribution in [2.45, 2.75) is 43.3 Å². The zero-order valence-corrected chi connectivity index (χ0v) is 13.7. The normalized spacial score (nSPS) is 26.0. The van der Waals surface area contributed by atoms with Gasteiger partial charge in [-0.3, -0.25) is 0 Å². The molecule has 1 saturated carbocycles. The summed E-state index contributed by atoms with van der Waals surface area (Å²) in [5, 5.41) is 20.4. The van der Waals surface area contributed by atoms with Crippen molar-refractivity contribution < 1.29 is 10.2 Å². The van der Waals surface area contributed by atoms with E-state index in [1.54, 1.807) is 6.33 Å². The Morgan fingerprint density at radius 3 is 2.42 bits per heavy atom. The lowest BCUT2D eigenvalue weighted by molar-refractivity contribution is 0.0116. The van der Waals surface area contributed by atoms with Crippen LogP contribution in [0.25, 0.3) is 0 Å². The Morgan fingerprint density at radius 2 is 1.75 bits per heavy atom. The summed E-state index contributed by atoms with van der Waals surface area (Å²) in [5.41, 5.74) is 1.27. The molecule has 0 unspecified atom stereocenters. The maximum atomic E-state index is 10.9. The van der Waals surface area contributed by atoms with Gasteiger partial charge in [-0.1, -0.05) is 30.3 Å². The summed E-state index contributed by atoms with van der Waals surface area (Å²) in [6.07, 6.45) is 4.42. The molecule has 1 aliphatic carbocycles. The van der Waals surface area contributed by atoms with Crippen molar-refractivity contribution in [1.82, 2.24) is 9.97 Å². The number of aliphatic hydroxyl groups excluding tert-OH is 1. The molecule has 1 aliphatic heterocycles. The van der Waals surface area contributed by atoms with E-state index in [0.29, 0.717) is 18.8 Å². The second kappa shape index (κ2) is 6.15. The Bertz CT molecular complexity index is 693. The first-order chi connectivity index (χ1) is 11.6. The molecule has 2 aliphatic rings. The number of benzene rings is 1. The van der Waals surface area contributed by atoms with E-state index in [0.717, 1.165) is 43.0 Å². The standard InChI is InChI=1S/C19H23N3O2/c23-16-10-14(11-16)17-12-18(21-13-20-17)22-8-6-19(24,7-9-22)15-4-2-1-3-5-15/h1-5,12-14,16,23-24H,6-11H2. The number of rotatable bonds is 3. The Kier molecular flexibility index (Phi) is 3.98. The van der Waals surface area contributed by atoms with Crippen LogP contribution in [0, 0.1) is 0 Å². The maximum Gasteiger partial charge on any atom is 0.132 e. The van der Waals surface area contributed by atoms with E-state index < -0.39 is 5.60 Å². The minimum atomic E-state index is -0.744. The van der Waals surface area contributed by atoms with E-state index in [9.17, 15) is 10.2 Å². The molecule has 24 heavy (non-hydrogen) atoms. The lowest BCUT2D eigenvalue weighted by Gasteiger charge is -2.39. The number of hydrogen-bond acceptors (Lipinski definition) is 5. The largest absolute Gasteiger partial charge is 0.393 e. The number of piperidine rings is 1. The first-order valence-electron chi connectivity index (χ1n) is 8.67. The number of hydrogen-bond donors (Lipinski definition) is 2. The van der Waals surface area contributed by atoms with E-state index in [4.69, 9.17) is 0 Å². The predicted octanol–water partition coefficient (Wildman–Crippen LogP) is 2.20. The summed E-state index contributed by atoms with van der Waals surface area (Å²) >= 11 is 0. The van der Waals surface area contributed by atoms with Crippen LogP contribution in [-0.4, -0.2) is 39.4 Å². The van der Waals surface area contributed by atoms with Gasteiger partial charge in [0.25, 0.3) is 0 Å². The van der Waals surface area contributed by atoms with Gasteiger partial charge < -0.3 is 15.1 Å². The van der Waals surface area contributed by atoms with Crippen molar-refractivity contribution in [3.63, 3.8) is 0 Å². The number of aromatic nitrogens is 2. The van der Waals surface area contributed by atoms with Crippen LogP contribution < -0.4 is 4.90 Å². The van der Waals surface area contributed by atoms with E-state index in [1.165, 1.54) is 0 Å². The zero-order valence-electron chi connectivity index (χ0n) is 13.7. The fourth-order valence-corrected chi connectivity index (χ4v) is 3.73. The van der Waals surface area contributed by atoms with E-state index >= 15 is 0 Å². The highest BCUT2D eigenvalue weighted by atomic mass is 16.3. The average molecular weight is 325 g/mol. The van der Waals surface area contributed by atoms with Crippen molar-refractivity contribution in [2.24, 2.45) is 0 Å². The average Bonchev–Trinajstić information content (AvgIpc) is 2.61. The van der Waals surface area contributed by atoms with Gasteiger partial charge in [0.05, 0.1) is 11.7 Å². The molecule has 0 radical (unpaired) electrons. The zero-order chi connectivity index (χ0) is 16.6. The molecule has 2 aromatic rings. The summed E-state index contributed by atoms with van der Waals surface area (Å²) < 4.78 is 0. The Hall–Kier alpha value is -1.98. The lowest BCUT2D eigenvalue weighted by Crippen LogP contribution is -2.43. The van der Waals surface area contributed by atoms with Crippen molar-refractivity contribution >= 4 is 5.82 Å². The third-order valence-electron chi connectivity index (χ3n) is 5.43. The van der Waals surface area contributed by atoms with Gasteiger partial charge in [-0.25, -0.2) is 9.97 Å². The topological polar surface area (TPSA) is 69.5 Å². The van der Waals surface area contributed by atoms with Crippen LogP contribution in [0.15, 0.2) is 42.7 Å². The van der Waals surface area contributed by atoms with Gasteiger partial charge in [-0.2, -0.15) is 0 Å². The van der Waals surface area contributed by atoms with Crippen LogP contribution in [0.3, 0.4) is 0 Å². The fraction of sp³-hybridized carbons (Fsp3) is 0.474. The minimum absolute atomic E-state index is 0.177. The second-order valence-electron chi connectivity index (χ2n) is 7.01. The quantitative estimate of drug-likeness (QED) is 0.905. The highest BCUT2D eigenvalue weighted by Crippen LogP contribution is 2.37. The maximum absolute atomic E-state index is 10.9. The van der Waals surface area contributed by atoms with Crippen LogP contribution >= 0.6 is 0 Å². The Labute approximate surface area is 142 Å². The molecule has 0 amide bonds. The van der Waals surface area contributed by atoms with Crippen molar-refractivity contribution in [2.75, 3.05) is 18.0 Å². The highest BCUT2D eigenvalue weighted by molar-refractivity contribution is 5.41. The van der Waals surface area contributed by atoms with Crippen LogP contribution in [0.5, 0.6) is 0 Å². The molecule has 5 heteroatoms. The van der Waals surface area contributed by atoms with Gasteiger partial charge in [-0.15, -0.1) is 0 Å². The highest BCUT2D eigenvalue weighted by Gasteiger charge is 2.35. The van der Waals surface area contributed by atoms with Crippen molar-refractivity contribution in [1.29, 1.82) is 0 Å². The molecule has 2 N–H and O–H groups in total. The third-order valence-corrected chi connectivity index (χ3v) is 5.43. The predicted molar refractivity (Wildman–Crippen MR) is 91.8 cm³/mol.